The summed E-state index contributed by atoms with van der Waals surface area (Å²) in [5.41, 5.74) is 0.253. The predicted molar refractivity (Wildman–Crippen MR) is 83.5 cm³/mol. The fraction of sp³-hybridized carbons (Fsp3) is 0.667. The number of hydrogen-bond acceptors (Lipinski definition) is 4. The average molecular weight is 311 g/mol. The van der Waals surface area contributed by atoms with E-state index >= 15 is 0 Å². The first-order valence-corrected chi connectivity index (χ1v) is 7.86. The quantitative estimate of drug-likeness (QED) is 0.927. The molecule has 0 aromatic carbocycles. The molecule has 0 bridgehead atoms. The largest absolute Gasteiger partial charge is 0.349 e. The summed E-state index contributed by atoms with van der Waals surface area (Å²) in [6, 6.07) is 0.322. The molecule has 1 aliphatic rings. The van der Waals surface area contributed by atoms with E-state index in [1.165, 1.54) is 19.0 Å². The van der Waals surface area contributed by atoms with Crippen molar-refractivity contribution < 1.29 is 4.79 Å². The highest BCUT2D eigenvalue weighted by Gasteiger charge is 2.21. The highest BCUT2D eigenvalue weighted by Crippen LogP contribution is 2.18. The lowest BCUT2D eigenvalue weighted by Gasteiger charge is -2.34. The first-order valence-electron chi connectivity index (χ1n) is 7.48. The maximum atomic E-state index is 12.2. The van der Waals surface area contributed by atoms with Crippen molar-refractivity contribution in [3.05, 3.63) is 22.7 Å². The van der Waals surface area contributed by atoms with Crippen LogP contribution in [0.1, 0.15) is 43.0 Å². The van der Waals surface area contributed by atoms with Crippen molar-refractivity contribution in [1.82, 2.24) is 20.2 Å². The van der Waals surface area contributed by atoms with Crippen molar-refractivity contribution >= 4 is 17.5 Å². The highest BCUT2D eigenvalue weighted by atomic mass is 35.5. The van der Waals surface area contributed by atoms with Crippen LogP contribution in [0.15, 0.2) is 6.20 Å². The molecule has 1 saturated heterocycles. The molecule has 1 aromatic heterocycles. The van der Waals surface area contributed by atoms with E-state index in [0.29, 0.717) is 18.4 Å². The lowest BCUT2D eigenvalue weighted by Crippen LogP contribution is -2.45. The molecular weight excluding hydrogens is 288 g/mol. The molecule has 2 rings (SSSR count). The van der Waals surface area contributed by atoms with Crippen LogP contribution in [0.5, 0.6) is 0 Å². The van der Waals surface area contributed by atoms with Crippen molar-refractivity contribution in [2.45, 2.75) is 39.7 Å². The SMILES string of the molecule is Cc1ncc(Cl)c(C(=O)NCC(C)N2CCC(C)CC2)n1. The lowest BCUT2D eigenvalue weighted by molar-refractivity contribution is 0.0916. The molecule has 1 atom stereocenters. The Kier molecular flexibility index (Phi) is 5.53. The minimum Gasteiger partial charge on any atom is -0.349 e. The van der Waals surface area contributed by atoms with Gasteiger partial charge >= 0.3 is 0 Å². The van der Waals surface area contributed by atoms with Crippen molar-refractivity contribution in [3.63, 3.8) is 0 Å². The molecule has 116 valence electrons. The van der Waals surface area contributed by atoms with Gasteiger partial charge in [0, 0.05) is 12.6 Å². The van der Waals surface area contributed by atoms with Crippen molar-refractivity contribution in [1.29, 1.82) is 0 Å². The van der Waals surface area contributed by atoms with Gasteiger partial charge in [0.15, 0.2) is 0 Å². The zero-order chi connectivity index (χ0) is 15.4. The molecule has 0 radical (unpaired) electrons. The van der Waals surface area contributed by atoms with Gasteiger partial charge in [0.1, 0.15) is 11.5 Å². The van der Waals surface area contributed by atoms with Gasteiger partial charge in [-0.05, 0) is 45.7 Å². The second-order valence-corrected chi connectivity index (χ2v) is 6.30. The maximum absolute atomic E-state index is 12.2. The molecule has 1 fully saturated rings. The summed E-state index contributed by atoms with van der Waals surface area (Å²) in [5.74, 6) is 1.12. The van der Waals surface area contributed by atoms with Crippen LogP contribution in [-0.4, -0.2) is 46.5 Å². The van der Waals surface area contributed by atoms with Gasteiger partial charge in [0.25, 0.3) is 5.91 Å². The van der Waals surface area contributed by atoms with E-state index in [-0.39, 0.29) is 16.6 Å². The van der Waals surface area contributed by atoms with E-state index in [1.54, 1.807) is 6.92 Å². The van der Waals surface area contributed by atoms with E-state index in [1.807, 2.05) is 0 Å². The second kappa shape index (κ2) is 7.18. The second-order valence-electron chi connectivity index (χ2n) is 5.89. The molecule has 0 spiro atoms. The lowest BCUT2D eigenvalue weighted by atomic mass is 9.98. The van der Waals surface area contributed by atoms with Crippen molar-refractivity contribution in [3.8, 4) is 0 Å². The van der Waals surface area contributed by atoms with Crippen LogP contribution < -0.4 is 5.32 Å². The van der Waals surface area contributed by atoms with Gasteiger partial charge in [-0.2, -0.15) is 0 Å². The standard InChI is InChI=1S/C15H23ClN4O/c1-10-4-6-20(7-5-10)11(2)8-18-15(21)14-13(16)9-17-12(3)19-14/h9-11H,4-8H2,1-3H3,(H,18,21). The minimum atomic E-state index is -0.234. The molecular formula is C15H23ClN4O. The number of aryl methyl sites for hydroxylation is 1. The van der Waals surface area contributed by atoms with Gasteiger partial charge in [0.05, 0.1) is 11.2 Å². The fourth-order valence-electron chi connectivity index (χ4n) is 2.54. The number of rotatable bonds is 4. The van der Waals surface area contributed by atoms with Crippen LogP contribution in [0, 0.1) is 12.8 Å². The van der Waals surface area contributed by atoms with Gasteiger partial charge in [-0.15, -0.1) is 0 Å². The summed E-state index contributed by atoms with van der Waals surface area (Å²) in [4.78, 5) is 22.6. The van der Waals surface area contributed by atoms with Gasteiger partial charge < -0.3 is 5.32 Å². The Morgan fingerprint density at radius 3 is 2.86 bits per heavy atom. The normalized spacial score (nSPS) is 18.5. The molecule has 5 nitrogen and oxygen atoms in total. The van der Waals surface area contributed by atoms with Crippen LogP contribution >= 0.6 is 11.6 Å². The van der Waals surface area contributed by atoms with Crippen molar-refractivity contribution in [2.24, 2.45) is 5.92 Å². The van der Waals surface area contributed by atoms with E-state index in [2.05, 4.69) is 34.0 Å². The number of nitrogens with one attached hydrogen (secondary N) is 1. The zero-order valence-corrected chi connectivity index (χ0v) is 13.7. The smallest absolute Gasteiger partial charge is 0.271 e. The molecule has 0 saturated carbocycles. The number of nitrogens with zero attached hydrogens (tertiary/aromatic N) is 3. The Balaban J connectivity index is 1.87. The summed E-state index contributed by atoms with van der Waals surface area (Å²) in [5, 5.41) is 3.21. The Morgan fingerprint density at radius 1 is 1.52 bits per heavy atom. The molecule has 2 heterocycles. The van der Waals surface area contributed by atoms with Crippen LogP contribution in [0.3, 0.4) is 0 Å². The topological polar surface area (TPSA) is 58.1 Å². The van der Waals surface area contributed by atoms with Gasteiger partial charge in [-0.3, -0.25) is 9.69 Å². The van der Waals surface area contributed by atoms with Gasteiger partial charge in [-0.25, -0.2) is 9.97 Å². The van der Waals surface area contributed by atoms with Gasteiger partial charge in [-0.1, -0.05) is 18.5 Å². The monoisotopic (exact) mass is 310 g/mol. The first kappa shape index (κ1) is 16.2. The predicted octanol–water partition coefficient (Wildman–Crippen LogP) is 2.29. The summed E-state index contributed by atoms with van der Waals surface area (Å²) in [6.45, 7) is 8.99. The van der Waals surface area contributed by atoms with E-state index in [9.17, 15) is 4.79 Å². The summed E-state index contributed by atoms with van der Waals surface area (Å²) < 4.78 is 0. The molecule has 21 heavy (non-hydrogen) atoms. The fourth-order valence-corrected chi connectivity index (χ4v) is 2.71. The minimum absolute atomic E-state index is 0.234. The number of aromatic nitrogens is 2. The number of hydrogen-bond donors (Lipinski definition) is 1. The van der Waals surface area contributed by atoms with Crippen LogP contribution in [0.2, 0.25) is 5.02 Å². The number of halogens is 1. The third-order valence-corrected chi connectivity index (χ3v) is 4.36. The Labute approximate surface area is 131 Å². The van der Waals surface area contributed by atoms with Crippen LogP contribution in [0.4, 0.5) is 0 Å². The number of piperidine rings is 1. The number of carbonyl (C=O) groups excluding carboxylic acids is 1. The van der Waals surface area contributed by atoms with E-state index < -0.39 is 0 Å². The number of carbonyl (C=O) groups is 1. The third kappa shape index (κ3) is 4.38. The Morgan fingerprint density at radius 2 is 2.19 bits per heavy atom. The van der Waals surface area contributed by atoms with Crippen LogP contribution in [-0.2, 0) is 0 Å². The summed E-state index contributed by atoms with van der Waals surface area (Å²) in [7, 11) is 0. The highest BCUT2D eigenvalue weighted by molar-refractivity contribution is 6.33. The Hall–Kier alpha value is -1.20. The molecule has 1 aromatic rings. The number of amides is 1. The van der Waals surface area contributed by atoms with E-state index in [4.69, 9.17) is 11.6 Å². The third-order valence-electron chi connectivity index (χ3n) is 4.08. The van der Waals surface area contributed by atoms with E-state index in [0.717, 1.165) is 19.0 Å². The summed E-state index contributed by atoms with van der Waals surface area (Å²) >= 11 is 5.97. The average Bonchev–Trinajstić information content (AvgIpc) is 2.47. The molecule has 1 amide bonds. The molecule has 1 unspecified atom stereocenters. The van der Waals surface area contributed by atoms with Crippen LogP contribution in [0.25, 0.3) is 0 Å². The van der Waals surface area contributed by atoms with Gasteiger partial charge in [0.2, 0.25) is 0 Å². The molecule has 1 N–H and O–H groups in total. The molecule has 1 aliphatic heterocycles. The zero-order valence-electron chi connectivity index (χ0n) is 12.9. The number of likely N-dealkylation sites (tertiary alicyclic amines) is 1. The Bertz CT molecular complexity index is 500. The summed E-state index contributed by atoms with van der Waals surface area (Å²) in [6.07, 6.45) is 3.93. The maximum Gasteiger partial charge on any atom is 0.271 e. The first-order chi connectivity index (χ1) is 9.97. The molecule has 0 aliphatic carbocycles. The van der Waals surface area contributed by atoms with Crippen molar-refractivity contribution in [2.75, 3.05) is 19.6 Å². The molecule has 6 heteroatoms.